The first kappa shape index (κ1) is 15.4. The van der Waals surface area contributed by atoms with E-state index in [1.54, 1.807) is 4.31 Å². The van der Waals surface area contributed by atoms with E-state index in [2.05, 4.69) is 5.32 Å². The molecule has 1 aromatic carbocycles. The van der Waals surface area contributed by atoms with Crippen molar-refractivity contribution in [2.24, 2.45) is 5.92 Å². The molecular weight excluding hydrogens is 306 g/mol. The van der Waals surface area contributed by atoms with Crippen LogP contribution in [0.1, 0.15) is 18.4 Å². The van der Waals surface area contributed by atoms with Gasteiger partial charge in [0.15, 0.2) is 0 Å². The first-order valence-corrected chi connectivity index (χ1v) is 9.01. The van der Waals surface area contributed by atoms with E-state index < -0.39 is 14.9 Å². The molecule has 7 nitrogen and oxygen atoms in total. The minimum atomic E-state index is -3.37. The summed E-state index contributed by atoms with van der Waals surface area (Å²) in [6.07, 6.45) is 1.87. The Bertz CT molecular complexity index is 659. The Morgan fingerprint density at radius 2 is 2.00 bits per heavy atom. The number of rotatable bonds is 4. The lowest BCUT2D eigenvalue weighted by molar-refractivity contribution is -0.384. The zero-order valence-corrected chi connectivity index (χ0v) is 13.0. The van der Waals surface area contributed by atoms with Crippen molar-refractivity contribution in [1.29, 1.82) is 0 Å². The van der Waals surface area contributed by atoms with Crippen LogP contribution in [0.3, 0.4) is 0 Å². The van der Waals surface area contributed by atoms with Gasteiger partial charge in [0.1, 0.15) is 0 Å². The maximum absolute atomic E-state index is 12.5. The number of nitrogens with zero attached hydrogens (tertiary/aromatic N) is 2. The quantitative estimate of drug-likeness (QED) is 0.661. The maximum Gasteiger partial charge on any atom is 0.269 e. The summed E-state index contributed by atoms with van der Waals surface area (Å²) >= 11 is 0. The zero-order valence-electron chi connectivity index (χ0n) is 12.1. The highest BCUT2D eigenvalue weighted by atomic mass is 32.2. The van der Waals surface area contributed by atoms with Gasteiger partial charge in [-0.15, -0.1) is 0 Å². The fraction of sp³-hybridized carbons (Fsp3) is 0.571. The van der Waals surface area contributed by atoms with Crippen molar-refractivity contribution in [2.75, 3.05) is 19.6 Å². The van der Waals surface area contributed by atoms with Crippen LogP contribution in [0, 0.1) is 16.0 Å². The molecule has 0 radical (unpaired) electrons. The summed E-state index contributed by atoms with van der Waals surface area (Å²) in [5.41, 5.74) is 0.552. The fourth-order valence-corrected chi connectivity index (χ4v) is 4.88. The Morgan fingerprint density at radius 3 is 2.68 bits per heavy atom. The van der Waals surface area contributed by atoms with Crippen LogP contribution < -0.4 is 5.32 Å². The molecule has 0 bridgehead atoms. The van der Waals surface area contributed by atoms with Crippen LogP contribution in [0.2, 0.25) is 0 Å². The third kappa shape index (κ3) is 3.13. The van der Waals surface area contributed by atoms with Crippen LogP contribution in [-0.2, 0) is 15.8 Å². The van der Waals surface area contributed by atoms with E-state index in [1.807, 2.05) is 0 Å². The number of nitro benzene ring substituents is 1. The predicted molar refractivity (Wildman–Crippen MR) is 81.8 cm³/mol. The Labute approximate surface area is 129 Å². The standard InChI is InChI=1S/C14H19N3O4S/c18-17(19)13-3-1-11(2-4-13)10-22(20,21)16-8-6-14-12(9-16)5-7-15-14/h1-4,12,14-15H,5-10H2. The molecule has 1 aromatic rings. The number of benzene rings is 1. The van der Waals surface area contributed by atoms with Gasteiger partial charge >= 0.3 is 0 Å². The smallest absolute Gasteiger partial charge is 0.269 e. The van der Waals surface area contributed by atoms with Crippen LogP contribution in [0.15, 0.2) is 24.3 Å². The summed E-state index contributed by atoms with van der Waals surface area (Å²) in [6.45, 7) is 2.09. The summed E-state index contributed by atoms with van der Waals surface area (Å²) in [4.78, 5) is 10.1. The average molecular weight is 325 g/mol. The Kier molecular flexibility index (Phi) is 4.16. The van der Waals surface area contributed by atoms with E-state index in [4.69, 9.17) is 0 Å². The molecule has 2 unspecified atom stereocenters. The Hall–Kier alpha value is -1.51. The number of hydrogen-bond acceptors (Lipinski definition) is 5. The molecular formula is C14H19N3O4S. The Morgan fingerprint density at radius 1 is 1.27 bits per heavy atom. The van der Waals surface area contributed by atoms with Crippen molar-refractivity contribution < 1.29 is 13.3 Å². The predicted octanol–water partition coefficient (Wildman–Crippen LogP) is 1.11. The third-order valence-corrected chi connectivity index (χ3v) is 6.32. The third-order valence-electron chi connectivity index (χ3n) is 4.51. The van der Waals surface area contributed by atoms with E-state index in [-0.39, 0.29) is 11.4 Å². The molecule has 2 aliphatic heterocycles. The van der Waals surface area contributed by atoms with Gasteiger partial charge in [0, 0.05) is 31.3 Å². The van der Waals surface area contributed by atoms with Gasteiger partial charge in [-0.2, -0.15) is 0 Å². The molecule has 0 amide bonds. The van der Waals surface area contributed by atoms with Crippen molar-refractivity contribution in [1.82, 2.24) is 9.62 Å². The molecule has 0 spiro atoms. The molecule has 3 rings (SSSR count). The molecule has 2 heterocycles. The van der Waals surface area contributed by atoms with E-state index >= 15 is 0 Å². The van der Waals surface area contributed by atoms with Gasteiger partial charge in [-0.25, -0.2) is 12.7 Å². The second kappa shape index (κ2) is 5.94. The number of nitro groups is 1. The van der Waals surface area contributed by atoms with Crippen LogP contribution >= 0.6 is 0 Å². The molecule has 2 aliphatic rings. The van der Waals surface area contributed by atoms with Gasteiger partial charge in [0.2, 0.25) is 10.0 Å². The highest BCUT2D eigenvalue weighted by Gasteiger charge is 2.36. The first-order chi connectivity index (χ1) is 10.5. The minimum Gasteiger partial charge on any atom is -0.314 e. The van der Waals surface area contributed by atoms with Gasteiger partial charge in [-0.05, 0) is 30.9 Å². The van der Waals surface area contributed by atoms with Crippen LogP contribution in [0.4, 0.5) is 5.69 Å². The van der Waals surface area contributed by atoms with Gasteiger partial charge in [-0.1, -0.05) is 12.1 Å². The SMILES string of the molecule is O=[N+]([O-])c1ccc(CS(=O)(=O)N2CCC3NCCC3C2)cc1. The van der Waals surface area contributed by atoms with E-state index in [0.29, 0.717) is 30.6 Å². The lowest BCUT2D eigenvalue weighted by Crippen LogP contribution is -2.47. The summed E-state index contributed by atoms with van der Waals surface area (Å²) < 4.78 is 26.6. The van der Waals surface area contributed by atoms with E-state index in [1.165, 1.54) is 24.3 Å². The van der Waals surface area contributed by atoms with E-state index in [9.17, 15) is 18.5 Å². The fourth-order valence-electron chi connectivity index (χ4n) is 3.28. The topological polar surface area (TPSA) is 92.5 Å². The summed E-state index contributed by atoms with van der Waals surface area (Å²) in [5, 5.41) is 14.0. The Balaban J connectivity index is 1.69. The number of non-ortho nitro benzene ring substituents is 1. The van der Waals surface area contributed by atoms with Crippen LogP contribution in [-0.4, -0.2) is 43.3 Å². The molecule has 0 saturated carbocycles. The van der Waals surface area contributed by atoms with E-state index in [0.717, 1.165) is 19.4 Å². The number of fused-ring (bicyclic) bond motifs is 1. The van der Waals surface area contributed by atoms with Gasteiger partial charge in [-0.3, -0.25) is 10.1 Å². The van der Waals surface area contributed by atoms with Crippen molar-refractivity contribution >= 4 is 15.7 Å². The number of hydrogen-bond donors (Lipinski definition) is 1. The van der Waals surface area contributed by atoms with Crippen molar-refractivity contribution in [3.05, 3.63) is 39.9 Å². The molecule has 0 aliphatic carbocycles. The number of nitrogens with one attached hydrogen (secondary N) is 1. The van der Waals surface area contributed by atoms with Gasteiger partial charge in [0.05, 0.1) is 10.7 Å². The second-order valence-corrected chi connectivity index (χ2v) is 7.90. The maximum atomic E-state index is 12.5. The van der Waals surface area contributed by atoms with Gasteiger partial charge < -0.3 is 5.32 Å². The monoisotopic (exact) mass is 325 g/mol. The van der Waals surface area contributed by atoms with Crippen LogP contribution in [0.25, 0.3) is 0 Å². The molecule has 2 fully saturated rings. The number of sulfonamides is 1. The summed E-state index contributed by atoms with van der Waals surface area (Å²) in [7, 11) is -3.37. The molecule has 0 aromatic heterocycles. The summed E-state index contributed by atoms with van der Waals surface area (Å²) in [5.74, 6) is 0.302. The van der Waals surface area contributed by atoms with Crippen molar-refractivity contribution in [2.45, 2.75) is 24.6 Å². The largest absolute Gasteiger partial charge is 0.314 e. The van der Waals surface area contributed by atoms with Crippen LogP contribution in [0.5, 0.6) is 0 Å². The first-order valence-electron chi connectivity index (χ1n) is 7.40. The molecule has 2 atom stereocenters. The lowest BCUT2D eigenvalue weighted by Gasteiger charge is -2.34. The average Bonchev–Trinajstić information content (AvgIpc) is 2.94. The minimum absolute atomic E-state index is 0.0287. The molecule has 8 heteroatoms. The molecule has 1 N–H and O–H groups in total. The number of piperidine rings is 1. The van der Waals surface area contributed by atoms with Crippen molar-refractivity contribution in [3.63, 3.8) is 0 Å². The van der Waals surface area contributed by atoms with Crippen molar-refractivity contribution in [3.8, 4) is 0 Å². The molecule has 22 heavy (non-hydrogen) atoms. The second-order valence-electron chi connectivity index (χ2n) is 5.94. The molecule has 2 saturated heterocycles. The highest BCUT2D eigenvalue weighted by Crippen LogP contribution is 2.27. The zero-order chi connectivity index (χ0) is 15.7. The molecule has 120 valence electrons. The normalized spacial score (nSPS) is 25.8. The van der Waals surface area contributed by atoms with Gasteiger partial charge in [0.25, 0.3) is 5.69 Å². The summed E-state index contributed by atoms with van der Waals surface area (Å²) in [6, 6.07) is 6.17. The lowest BCUT2D eigenvalue weighted by atomic mass is 9.95. The highest BCUT2D eigenvalue weighted by molar-refractivity contribution is 7.88.